The second kappa shape index (κ2) is 11.0. The lowest BCUT2D eigenvalue weighted by Gasteiger charge is -2.08. The van der Waals surface area contributed by atoms with Gasteiger partial charge in [-0.2, -0.15) is 0 Å². The molecular formula is C18H20N4O6S. The summed E-state index contributed by atoms with van der Waals surface area (Å²) in [6.07, 6.45) is 1.59. The van der Waals surface area contributed by atoms with Gasteiger partial charge in [0.1, 0.15) is 6.61 Å². The molecule has 2 amide bonds. The number of nitrogens with zero attached hydrogens (tertiary/aromatic N) is 2. The van der Waals surface area contributed by atoms with E-state index in [1.165, 1.54) is 12.1 Å². The van der Waals surface area contributed by atoms with Gasteiger partial charge in [0.05, 0.1) is 22.2 Å². The Morgan fingerprint density at radius 2 is 2.07 bits per heavy atom. The predicted octanol–water partition coefficient (Wildman–Crippen LogP) is 1.52. The Balaban J connectivity index is 1.85. The number of thioether (sulfide) groups is 1. The van der Waals surface area contributed by atoms with Gasteiger partial charge in [0.15, 0.2) is 0 Å². The number of primary amides is 1. The number of rotatable bonds is 11. The fourth-order valence-corrected chi connectivity index (χ4v) is 3.00. The van der Waals surface area contributed by atoms with Gasteiger partial charge in [0.2, 0.25) is 17.7 Å². The first-order valence-electron chi connectivity index (χ1n) is 8.45. The van der Waals surface area contributed by atoms with Crippen molar-refractivity contribution in [2.24, 2.45) is 5.73 Å². The van der Waals surface area contributed by atoms with Crippen LogP contribution in [0.2, 0.25) is 0 Å². The Hall–Kier alpha value is -3.18. The number of carbonyl (C=O) groups is 2. The number of benzene rings is 1. The van der Waals surface area contributed by atoms with E-state index in [0.29, 0.717) is 19.1 Å². The van der Waals surface area contributed by atoms with Gasteiger partial charge in [-0.15, -0.1) is 11.8 Å². The SMILES string of the molecule is COCCOc1ccc(CNC(=O)CSc2ccc(C(N)=O)cc2[N+](=O)[O-])cn1. The first-order chi connectivity index (χ1) is 13.9. The van der Waals surface area contributed by atoms with E-state index in [1.54, 1.807) is 25.4 Å². The molecule has 0 bridgehead atoms. The first-order valence-corrected chi connectivity index (χ1v) is 9.43. The van der Waals surface area contributed by atoms with Crippen molar-refractivity contribution in [2.75, 3.05) is 26.1 Å². The molecule has 1 aromatic carbocycles. The number of nitro benzene ring substituents is 1. The molecular weight excluding hydrogens is 400 g/mol. The van der Waals surface area contributed by atoms with Gasteiger partial charge in [0, 0.05) is 37.5 Å². The number of hydrogen-bond donors (Lipinski definition) is 2. The van der Waals surface area contributed by atoms with E-state index < -0.39 is 10.8 Å². The molecule has 29 heavy (non-hydrogen) atoms. The van der Waals surface area contributed by atoms with Crippen molar-refractivity contribution in [1.82, 2.24) is 10.3 Å². The van der Waals surface area contributed by atoms with E-state index >= 15 is 0 Å². The number of nitrogens with two attached hydrogens (primary N) is 1. The third kappa shape index (κ3) is 7.05. The standard InChI is InChI=1S/C18H20N4O6S/c1-27-6-7-28-17-5-2-12(10-21-17)9-20-16(23)11-29-15-4-3-13(18(19)24)8-14(15)22(25)26/h2-5,8,10H,6-7,9,11H2,1H3,(H2,19,24)(H,20,23). The van der Waals surface area contributed by atoms with Crippen molar-refractivity contribution < 1.29 is 24.0 Å². The molecule has 0 unspecified atom stereocenters. The Labute approximate surface area is 170 Å². The summed E-state index contributed by atoms with van der Waals surface area (Å²) in [6, 6.07) is 7.36. The number of aromatic nitrogens is 1. The minimum absolute atomic E-state index is 0.0254. The lowest BCUT2D eigenvalue weighted by Crippen LogP contribution is -2.24. The van der Waals surface area contributed by atoms with Gasteiger partial charge < -0.3 is 20.5 Å². The van der Waals surface area contributed by atoms with E-state index in [-0.39, 0.29) is 34.4 Å². The largest absolute Gasteiger partial charge is 0.475 e. The Morgan fingerprint density at radius 3 is 2.69 bits per heavy atom. The van der Waals surface area contributed by atoms with Crippen LogP contribution in [0.4, 0.5) is 5.69 Å². The zero-order chi connectivity index (χ0) is 21.2. The Bertz CT molecular complexity index is 875. The van der Waals surface area contributed by atoms with Gasteiger partial charge in [-0.25, -0.2) is 4.98 Å². The number of nitrogens with one attached hydrogen (secondary N) is 1. The van der Waals surface area contributed by atoms with Crippen LogP contribution in [0.3, 0.4) is 0 Å². The van der Waals surface area contributed by atoms with Gasteiger partial charge in [-0.3, -0.25) is 19.7 Å². The highest BCUT2D eigenvalue weighted by molar-refractivity contribution is 8.00. The van der Waals surface area contributed by atoms with Crippen molar-refractivity contribution in [3.8, 4) is 5.88 Å². The molecule has 1 heterocycles. The minimum atomic E-state index is -0.758. The van der Waals surface area contributed by atoms with Crippen molar-refractivity contribution in [3.63, 3.8) is 0 Å². The number of ether oxygens (including phenoxy) is 2. The first kappa shape index (κ1) is 22.1. The van der Waals surface area contributed by atoms with E-state index in [9.17, 15) is 19.7 Å². The summed E-state index contributed by atoms with van der Waals surface area (Å²) in [5.74, 6) is -0.628. The van der Waals surface area contributed by atoms with Gasteiger partial charge in [-0.1, -0.05) is 6.07 Å². The topological polar surface area (TPSA) is 147 Å². The second-order valence-corrected chi connectivity index (χ2v) is 6.73. The lowest BCUT2D eigenvalue weighted by atomic mass is 10.2. The molecule has 0 saturated carbocycles. The highest BCUT2D eigenvalue weighted by Crippen LogP contribution is 2.29. The summed E-state index contributed by atoms with van der Waals surface area (Å²) in [5, 5.41) is 13.9. The highest BCUT2D eigenvalue weighted by Gasteiger charge is 2.18. The van der Waals surface area contributed by atoms with Crippen LogP contribution in [-0.4, -0.2) is 47.8 Å². The maximum Gasteiger partial charge on any atom is 0.283 e. The highest BCUT2D eigenvalue weighted by atomic mass is 32.2. The van der Waals surface area contributed by atoms with Gasteiger partial charge >= 0.3 is 0 Å². The molecule has 2 aromatic rings. The van der Waals surface area contributed by atoms with Crippen LogP contribution in [0.5, 0.6) is 5.88 Å². The number of methoxy groups -OCH3 is 1. The third-order valence-corrected chi connectivity index (χ3v) is 4.69. The molecule has 154 valence electrons. The monoisotopic (exact) mass is 420 g/mol. The van der Waals surface area contributed by atoms with Crippen LogP contribution in [-0.2, 0) is 16.1 Å². The number of carbonyl (C=O) groups excluding carboxylic acids is 2. The fourth-order valence-electron chi connectivity index (χ4n) is 2.16. The Morgan fingerprint density at radius 1 is 1.28 bits per heavy atom. The van der Waals surface area contributed by atoms with Crippen molar-refractivity contribution in [2.45, 2.75) is 11.4 Å². The second-order valence-electron chi connectivity index (χ2n) is 5.72. The fraction of sp³-hybridized carbons (Fsp3) is 0.278. The van der Waals surface area contributed by atoms with E-state index in [4.69, 9.17) is 15.2 Å². The summed E-state index contributed by atoms with van der Waals surface area (Å²) in [4.78, 5) is 38.2. The summed E-state index contributed by atoms with van der Waals surface area (Å²) in [5.41, 5.74) is 5.68. The predicted molar refractivity (Wildman–Crippen MR) is 106 cm³/mol. The minimum Gasteiger partial charge on any atom is -0.475 e. The third-order valence-electron chi connectivity index (χ3n) is 3.62. The average Bonchev–Trinajstić information content (AvgIpc) is 2.71. The molecule has 0 spiro atoms. The summed E-state index contributed by atoms with van der Waals surface area (Å²) >= 11 is 0.999. The van der Waals surface area contributed by atoms with Crippen LogP contribution in [0.15, 0.2) is 41.4 Å². The number of pyridine rings is 1. The molecule has 0 atom stereocenters. The molecule has 3 N–H and O–H groups in total. The van der Waals surface area contributed by atoms with Crippen molar-refractivity contribution >= 4 is 29.3 Å². The molecule has 0 saturated heterocycles. The lowest BCUT2D eigenvalue weighted by molar-refractivity contribution is -0.387. The quantitative estimate of drug-likeness (QED) is 0.241. The van der Waals surface area contributed by atoms with Gasteiger partial charge in [0.25, 0.3) is 5.69 Å². The van der Waals surface area contributed by atoms with Crippen LogP contribution in [0, 0.1) is 10.1 Å². The van der Waals surface area contributed by atoms with Crippen LogP contribution < -0.4 is 15.8 Å². The zero-order valence-corrected chi connectivity index (χ0v) is 16.4. The van der Waals surface area contributed by atoms with Crippen molar-refractivity contribution in [3.05, 3.63) is 57.8 Å². The van der Waals surface area contributed by atoms with Gasteiger partial charge in [-0.05, 0) is 17.7 Å². The molecule has 0 radical (unpaired) electrons. The molecule has 0 aliphatic carbocycles. The molecule has 0 fully saturated rings. The number of hydrogen-bond acceptors (Lipinski definition) is 8. The molecule has 1 aromatic heterocycles. The zero-order valence-electron chi connectivity index (χ0n) is 15.6. The molecule has 0 aliphatic heterocycles. The summed E-state index contributed by atoms with van der Waals surface area (Å²) < 4.78 is 10.2. The molecule has 11 heteroatoms. The van der Waals surface area contributed by atoms with E-state index in [0.717, 1.165) is 23.4 Å². The summed E-state index contributed by atoms with van der Waals surface area (Å²) in [6.45, 7) is 1.11. The van der Waals surface area contributed by atoms with Crippen molar-refractivity contribution in [1.29, 1.82) is 0 Å². The van der Waals surface area contributed by atoms with E-state index in [2.05, 4.69) is 10.3 Å². The Kier molecular flexibility index (Phi) is 8.37. The molecule has 10 nitrogen and oxygen atoms in total. The number of nitro groups is 1. The number of amides is 2. The smallest absolute Gasteiger partial charge is 0.283 e. The maximum atomic E-state index is 12.1. The van der Waals surface area contributed by atoms with Crippen LogP contribution in [0.1, 0.15) is 15.9 Å². The maximum absolute atomic E-state index is 12.1. The van der Waals surface area contributed by atoms with Crippen LogP contribution >= 0.6 is 11.8 Å². The van der Waals surface area contributed by atoms with E-state index in [1.807, 2.05) is 0 Å². The average molecular weight is 420 g/mol. The van der Waals surface area contributed by atoms with Crippen LogP contribution in [0.25, 0.3) is 0 Å². The molecule has 2 rings (SSSR count). The summed E-state index contributed by atoms with van der Waals surface area (Å²) in [7, 11) is 1.58. The normalized spacial score (nSPS) is 10.4. The molecule has 0 aliphatic rings.